The van der Waals surface area contributed by atoms with Gasteiger partial charge in [0.15, 0.2) is 5.83 Å². The average Bonchev–Trinajstić information content (AvgIpc) is 3.37. The quantitative estimate of drug-likeness (QED) is 0.304. The van der Waals surface area contributed by atoms with Crippen molar-refractivity contribution in [1.82, 2.24) is 14.8 Å². The molecule has 4 heterocycles. The number of halogens is 5. The summed E-state index contributed by atoms with van der Waals surface area (Å²) in [6.45, 7) is 8.88. The Morgan fingerprint density at radius 2 is 1.91 bits per heavy atom. The van der Waals surface area contributed by atoms with Crippen LogP contribution in [0.25, 0.3) is 0 Å². The van der Waals surface area contributed by atoms with E-state index in [9.17, 15) is 27.6 Å². The highest BCUT2D eigenvalue weighted by molar-refractivity contribution is 6.31. The van der Waals surface area contributed by atoms with Crippen molar-refractivity contribution in [3.63, 3.8) is 0 Å². The first-order valence-corrected chi connectivity index (χ1v) is 15.0. The summed E-state index contributed by atoms with van der Waals surface area (Å²) in [6.07, 6.45) is -2.39. The zero-order valence-corrected chi connectivity index (χ0v) is 25.7. The Labute approximate surface area is 259 Å². The van der Waals surface area contributed by atoms with Crippen LogP contribution in [-0.4, -0.2) is 78.7 Å². The average molecular weight is 635 g/mol. The van der Waals surface area contributed by atoms with Crippen molar-refractivity contribution >= 4 is 28.9 Å². The molecule has 0 bridgehead atoms. The third kappa shape index (κ3) is 6.04. The number of benzene rings is 1. The van der Waals surface area contributed by atoms with Gasteiger partial charge in [-0.25, -0.2) is 9.37 Å². The van der Waals surface area contributed by atoms with Gasteiger partial charge in [-0.15, -0.1) is 0 Å². The third-order valence-electron chi connectivity index (χ3n) is 8.81. The van der Waals surface area contributed by atoms with Crippen molar-refractivity contribution in [3.8, 4) is 11.9 Å². The predicted molar refractivity (Wildman–Crippen MR) is 160 cm³/mol. The number of ether oxygens (including phenoxy) is 1. The molecule has 3 aliphatic heterocycles. The number of pyridine rings is 1. The minimum Gasteiger partial charge on any atom is -0.475 e. The van der Waals surface area contributed by atoms with Crippen LogP contribution in [-0.2, 0) is 23.9 Å². The lowest BCUT2D eigenvalue weighted by molar-refractivity contribution is -0.137. The van der Waals surface area contributed by atoms with Gasteiger partial charge in [0, 0.05) is 43.3 Å². The van der Waals surface area contributed by atoms with Gasteiger partial charge >= 0.3 is 6.18 Å². The van der Waals surface area contributed by atoms with E-state index >= 15 is 0 Å². The molecule has 2 saturated heterocycles. The van der Waals surface area contributed by atoms with Crippen LogP contribution < -0.4 is 14.5 Å². The Kier molecular flexibility index (Phi) is 9.01. The van der Waals surface area contributed by atoms with Gasteiger partial charge in [0.1, 0.15) is 18.2 Å². The Morgan fingerprint density at radius 1 is 1.20 bits per heavy atom. The van der Waals surface area contributed by atoms with E-state index in [1.54, 1.807) is 18.7 Å². The summed E-state index contributed by atoms with van der Waals surface area (Å²) >= 11 is 6.04. The van der Waals surface area contributed by atoms with E-state index in [1.165, 1.54) is 23.1 Å². The van der Waals surface area contributed by atoms with E-state index in [0.717, 1.165) is 24.9 Å². The summed E-state index contributed by atoms with van der Waals surface area (Å²) in [7, 11) is 2.01. The molecule has 2 fully saturated rings. The van der Waals surface area contributed by atoms with Crippen molar-refractivity contribution < 1.29 is 27.1 Å². The maximum atomic E-state index is 14.1. The monoisotopic (exact) mass is 634 g/mol. The van der Waals surface area contributed by atoms with Gasteiger partial charge in [0.25, 0.3) is 5.91 Å². The number of amides is 1. The summed E-state index contributed by atoms with van der Waals surface area (Å²) in [5, 5.41) is 10.0. The molecule has 0 spiro atoms. The lowest BCUT2D eigenvalue weighted by atomic mass is 9.96. The largest absolute Gasteiger partial charge is 0.475 e. The minimum absolute atomic E-state index is 0.0424. The molecule has 1 aromatic carbocycles. The fraction of sp³-hybridized carbons (Fsp3) is 0.516. The molecule has 0 radical (unpaired) electrons. The molecule has 3 atom stereocenters. The maximum absolute atomic E-state index is 14.1. The van der Waals surface area contributed by atoms with E-state index in [1.807, 2.05) is 11.9 Å². The van der Waals surface area contributed by atoms with Crippen LogP contribution in [0.2, 0.25) is 5.02 Å². The van der Waals surface area contributed by atoms with Gasteiger partial charge < -0.3 is 24.3 Å². The SMILES string of the molecule is C=C(F)C(=O)N1[C@H](C)CN(c2c(C#N)c(OC[C@H]3CCCN3C)nc3c2CCN(c2cccc(Cl)c2C(F)(F)F)C3)C[C@@H]1C. The van der Waals surface area contributed by atoms with E-state index < -0.39 is 35.6 Å². The number of alkyl halides is 3. The number of hydrogen-bond donors (Lipinski definition) is 0. The van der Waals surface area contributed by atoms with Gasteiger partial charge in [-0.2, -0.15) is 18.4 Å². The number of aromatic nitrogens is 1. The number of hydrogen-bond acceptors (Lipinski definition) is 7. The number of anilines is 2. The van der Waals surface area contributed by atoms with E-state index in [4.69, 9.17) is 21.3 Å². The number of nitrogens with zero attached hydrogens (tertiary/aromatic N) is 6. The predicted octanol–water partition coefficient (Wildman–Crippen LogP) is 5.57. The maximum Gasteiger partial charge on any atom is 0.419 e. The molecule has 13 heteroatoms. The number of nitriles is 1. The molecule has 44 heavy (non-hydrogen) atoms. The number of piperazine rings is 1. The van der Waals surface area contributed by atoms with Crippen LogP contribution in [0, 0.1) is 11.3 Å². The summed E-state index contributed by atoms with van der Waals surface area (Å²) in [4.78, 5) is 24.5. The topological polar surface area (TPSA) is 75.9 Å². The highest BCUT2D eigenvalue weighted by atomic mass is 35.5. The van der Waals surface area contributed by atoms with Gasteiger partial charge in [-0.05, 0) is 58.8 Å². The lowest BCUT2D eigenvalue weighted by Crippen LogP contribution is -2.59. The molecule has 5 rings (SSSR count). The minimum atomic E-state index is -4.66. The second-order valence-electron chi connectivity index (χ2n) is 11.8. The number of carbonyl (C=O) groups excluding carboxylic acids is 1. The molecular weight excluding hydrogens is 600 g/mol. The Hall–Kier alpha value is -3.56. The number of fused-ring (bicyclic) bond motifs is 1. The lowest BCUT2D eigenvalue weighted by Gasteiger charge is -2.46. The van der Waals surface area contributed by atoms with Crippen molar-refractivity contribution in [1.29, 1.82) is 5.26 Å². The molecule has 2 aromatic rings. The van der Waals surface area contributed by atoms with Gasteiger partial charge in [0.2, 0.25) is 5.88 Å². The van der Waals surface area contributed by atoms with Crippen LogP contribution in [0.1, 0.15) is 49.1 Å². The van der Waals surface area contributed by atoms with Gasteiger partial charge in [-0.3, -0.25) is 4.79 Å². The fourth-order valence-electron chi connectivity index (χ4n) is 6.76. The second-order valence-corrected chi connectivity index (χ2v) is 12.2. The zero-order chi connectivity index (χ0) is 31.9. The van der Waals surface area contributed by atoms with Crippen molar-refractivity contribution in [2.24, 2.45) is 0 Å². The third-order valence-corrected chi connectivity index (χ3v) is 9.12. The molecule has 0 aliphatic carbocycles. The van der Waals surface area contributed by atoms with Crippen molar-refractivity contribution in [3.05, 3.63) is 58.0 Å². The Morgan fingerprint density at radius 3 is 2.50 bits per heavy atom. The van der Waals surface area contributed by atoms with Crippen LogP contribution in [0.5, 0.6) is 5.88 Å². The molecule has 0 saturated carbocycles. The smallest absolute Gasteiger partial charge is 0.419 e. The number of carbonyl (C=O) groups is 1. The normalized spacial score (nSPS) is 22.5. The fourth-order valence-corrected chi connectivity index (χ4v) is 7.04. The second kappa shape index (κ2) is 12.4. The summed E-state index contributed by atoms with van der Waals surface area (Å²) < 4.78 is 62.3. The highest BCUT2D eigenvalue weighted by Gasteiger charge is 2.40. The molecule has 0 N–H and O–H groups in total. The summed E-state index contributed by atoms with van der Waals surface area (Å²) in [5.41, 5.74) is 1.14. The van der Waals surface area contributed by atoms with E-state index in [0.29, 0.717) is 37.5 Å². The molecule has 1 aromatic heterocycles. The van der Waals surface area contributed by atoms with Crippen LogP contribution >= 0.6 is 11.6 Å². The van der Waals surface area contributed by atoms with E-state index in [-0.39, 0.29) is 41.3 Å². The number of likely N-dealkylation sites (tertiary alicyclic amines) is 1. The van der Waals surface area contributed by atoms with Crippen LogP contribution in [0.15, 0.2) is 30.6 Å². The Balaban J connectivity index is 1.56. The molecule has 3 aliphatic rings. The summed E-state index contributed by atoms with van der Waals surface area (Å²) in [5.74, 6) is -1.69. The molecule has 8 nitrogen and oxygen atoms in total. The van der Waals surface area contributed by atoms with Gasteiger partial charge in [-0.1, -0.05) is 24.2 Å². The summed E-state index contributed by atoms with van der Waals surface area (Å²) in [6, 6.07) is 5.71. The Bertz CT molecular complexity index is 1480. The first kappa shape index (κ1) is 31.9. The highest BCUT2D eigenvalue weighted by Crippen LogP contribution is 2.44. The standard InChI is InChI=1S/C31H35ClF4N6O2/c1-18-14-41(15-19(2)42(18)30(43)20(3)33)28-22-10-12-40(26-9-5-8-24(32)27(26)31(34,35)36)16-25(22)38-29(23(28)13-37)44-17-21-7-6-11-39(21)4/h5,8-9,18-19,21H,3,6-7,10-12,14-17H2,1-2,4H3/t18-,19+,21-/m1/s1. The first-order chi connectivity index (χ1) is 20.8. The first-order valence-electron chi connectivity index (χ1n) is 14.6. The molecule has 236 valence electrons. The molecule has 0 unspecified atom stereocenters. The van der Waals surface area contributed by atoms with E-state index in [2.05, 4.69) is 17.5 Å². The van der Waals surface area contributed by atoms with Crippen LogP contribution in [0.3, 0.4) is 0 Å². The van der Waals surface area contributed by atoms with Crippen molar-refractivity contribution in [2.75, 3.05) is 49.6 Å². The van der Waals surface area contributed by atoms with Crippen LogP contribution in [0.4, 0.5) is 28.9 Å². The zero-order valence-electron chi connectivity index (χ0n) is 24.9. The number of rotatable bonds is 6. The number of likely N-dealkylation sites (N-methyl/N-ethyl adjacent to an activating group) is 1. The van der Waals surface area contributed by atoms with Crippen molar-refractivity contribution in [2.45, 2.75) is 64.0 Å². The van der Waals surface area contributed by atoms with Gasteiger partial charge in [0.05, 0.1) is 34.2 Å². The molecule has 1 amide bonds. The molecular formula is C31H35ClF4N6O2.